The van der Waals surface area contributed by atoms with Gasteiger partial charge in [-0.25, -0.2) is 0 Å². The molecule has 3 rings (SSSR count). The van der Waals surface area contributed by atoms with E-state index in [2.05, 4.69) is 26.8 Å². The van der Waals surface area contributed by atoms with Gasteiger partial charge in [-0.3, -0.25) is 0 Å². The number of hydrogen-bond donors (Lipinski definition) is 1. The Morgan fingerprint density at radius 3 is 2.20 bits per heavy atom. The summed E-state index contributed by atoms with van der Waals surface area (Å²) < 4.78 is 5.64. The van der Waals surface area contributed by atoms with Crippen molar-refractivity contribution in [3.8, 4) is 16.9 Å². The number of furan rings is 1. The molecule has 0 saturated carbocycles. The zero-order chi connectivity index (χ0) is 14.3. The number of aromatic hydroxyl groups is 1. The highest BCUT2D eigenvalue weighted by molar-refractivity contribution is 5.90. The maximum Gasteiger partial charge on any atom is 0.124 e. The van der Waals surface area contributed by atoms with E-state index >= 15 is 0 Å². The summed E-state index contributed by atoms with van der Waals surface area (Å²) in [4.78, 5) is 0. The molecule has 0 unspecified atom stereocenters. The Morgan fingerprint density at radius 2 is 1.55 bits per heavy atom. The van der Waals surface area contributed by atoms with Crippen molar-refractivity contribution < 1.29 is 9.52 Å². The van der Waals surface area contributed by atoms with Crippen molar-refractivity contribution >= 4 is 10.8 Å². The van der Waals surface area contributed by atoms with Crippen molar-refractivity contribution in [3.05, 3.63) is 54.5 Å². The molecule has 102 valence electrons. The summed E-state index contributed by atoms with van der Waals surface area (Å²) in [6.07, 6.45) is 1.69. The molecule has 0 atom stereocenters. The van der Waals surface area contributed by atoms with E-state index in [4.69, 9.17) is 4.42 Å². The van der Waals surface area contributed by atoms with Crippen LogP contribution in [0.15, 0.2) is 53.1 Å². The number of fused-ring (bicyclic) bond motifs is 1. The number of benzene rings is 2. The quantitative estimate of drug-likeness (QED) is 0.664. The summed E-state index contributed by atoms with van der Waals surface area (Å²) >= 11 is 0. The van der Waals surface area contributed by atoms with Gasteiger partial charge in [-0.1, -0.05) is 45.0 Å². The van der Waals surface area contributed by atoms with E-state index in [1.54, 1.807) is 6.26 Å². The minimum atomic E-state index is -0.100. The van der Waals surface area contributed by atoms with Crippen molar-refractivity contribution in [2.45, 2.75) is 26.2 Å². The average Bonchev–Trinajstić information content (AvgIpc) is 2.87. The lowest BCUT2D eigenvalue weighted by atomic mass is 9.87. The monoisotopic (exact) mass is 266 g/mol. The first kappa shape index (κ1) is 12.8. The molecular weight excluding hydrogens is 248 g/mol. The lowest BCUT2D eigenvalue weighted by molar-refractivity contribution is 0.410. The Kier molecular flexibility index (Phi) is 2.82. The summed E-state index contributed by atoms with van der Waals surface area (Å²) in [5, 5.41) is 12.5. The van der Waals surface area contributed by atoms with Crippen molar-refractivity contribution in [3.63, 3.8) is 0 Å². The lowest BCUT2D eigenvalue weighted by Gasteiger charge is -2.18. The van der Waals surface area contributed by atoms with Gasteiger partial charge in [-0.2, -0.15) is 0 Å². The molecule has 1 aromatic heterocycles. The maximum absolute atomic E-state index is 10.3. The minimum absolute atomic E-state index is 0.100. The molecule has 20 heavy (non-hydrogen) atoms. The van der Waals surface area contributed by atoms with Crippen LogP contribution in [0.2, 0.25) is 0 Å². The van der Waals surface area contributed by atoms with Gasteiger partial charge in [0.1, 0.15) is 11.5 Å². The first-order chi connectivity index (χ1) is 9.47. The third-order valence-electron chi connectivity index (χ3n) is 3.50. The summed E-state index contributed by atoms with van der Waals surface area (Å²) in [6, 6.07) is 13.8. The van der Waals surface area contributed by atoms with Crippen molar-refractivity contribution in [2.24, 2.45) is 0 Å². The summed E-state index contributed by atoms with van der Waals surface area (Å²) in [7, 11) is 0. The second-order valence-electron chi connectivity index (χ2n) is 6.13. The van der Waals surface area contributed by atoms with E-state index < -0.39 is 0 Å². The van der Waals surface area contributed by atoms with Crippen molar-refractivity contribution in [1.82, 2.24) is 0 Å². The zero-order valence-electron chi connectivity index (χ0n) is 12.0. The summed E-state index contributed by atoms with van der Waals surface area (Å²) in [5.41, 5.74) is 1.68. The largest absolute Gasteiger partial charge is 0.507 e. The highest BCUT2D eigenvalue weighted by Crippen LogP contribution is 2.39. The van der Waals surface area contributed by atoms with Crippen LogP contribution in [0.5, 0.6) is 5.75 Å². The SMILES string of the molecule is CC(C)(C)c1occc1-c1cc2ccccc2cc1O. The Balaban J connectivity index is 2.25. The molecule has 3 aromatic rings. The average molecular weight is 266 g/mol. The number of rotatable bonds is 1. The molecule has 0 aliphatic rings. The number of phenols is 1. The first-order valence-electron chi connectivity index (χ1n) is 6.77. The molecule has 2 nitrogen and oxygen atoms in total. The van der Waals surface area contributed by atoms with Crippen LogP contribution in [0.3, 0.4) is 0 Å². The molecular formula is C18H18O2. The molecule has 2 heteroatoms. The number of hydrogen-bond acceptors (Lipinski definition) is 2. The third kappa shape index (κ3) is 2.07. The van der Waals surface area contributed by atoms with Gasteiger partial charge in [0, 0.05) is 16.5 Å². The van der Waals surface area contributed by atoms with Crippen LogP contribution in [0.25, 0.3) is 21.9 Å². The third-order valence-corrected chi connectivity index (χ3v) is 3.50. The van der Waals surface area contributed by atoms with Gasteiger partial charge in [0.15, 0.2) is 0 Å². The predicted molar refractivity (Wildman–Crippen MR) is 82.0 cm³/mol. The second-order valence-corrected chi connectivity index (χ2v) is 6.13. The fraction of sp³-hybridized carbons (Fsp3) is 0.222. The van der Waals surface area contributed by atoms with Gasteiger partial charge >= 0.3 is 0 Å². The van der Waals surface area contributed by atoms with E-state index in [0.29, 0.717) is 0 Å². The highest BCUT2D eigenvalue weighted by atomic mass is 16.3. The van der Waals surface area contributed by atoms with Gasteiger partial charge in [0.2, 0.25) is 0 Å². The van der Waals surface area contributed by atoms with Crippen LogP contribution in [0.1, 0.15) is 26.5 Å². The Bertz CT molecular complexity index is 760. The van der Waals surface area contributed by atoms with Crippen LogP contribution in [-0.2, 0) is 5.41 Å². The van der Waals surface area contributed by atoms with Crippen LogP contribution in [-0.4, -0.2) is 5.11 Å². The minimum Gasteiger partial charge on any atom is -0.507 e. The van der Waals surface area contributed by atoms with Gasteiger partial charge in [0.05, 0.1) is 6.26 Å². The van der Waals surface area contributed by atoms with E-state index in [1.807, 2.05) is 36.4 Å². The van der Waals surface area contributed by atoms with Gasteiger partial charge < -0.3 is 9.52 Å². The maximum atomic E-state index is 10.3. The van der Waals surface area contributed by atoms with E-state index in [9.17, 15) is 5.11 Å². The van der Waals surface area contributed by atoms with Gasteiger partial charge in [-0.05, 0) is 29.0 Å². The Morgan fingerprint density at radius 1 is 0.900 bits per heavy atom. The van der Waals surface area contributed by atoms with E-state index in [0.717, 1.165) is 27.7 Å². The molecule has 0 amide bonds. The van der Waals surface area contributed by atoms with Crippen LogP contribution >= 0.6 is 0 Å². The molecule has 2 aromatic carbocycles. The first-order valence-corrected chi connectivity index (χ1v) is 6.77. The highest BCUT2D eigenvalue weighted by Gasteiger charge is 2.23. The van der Waals surface area contributed by atoms with Crippen molar-refractivity contribution in [2.75, 3.05) is 0 Å². The topological polar surface area (TPSA) is 33.4 Å². The normalized spacial score (nSPS) is 11.9. The standard InChI is InChI=1S/C18H18O2/c1-18(2,3)17-14(8-9-20-17)15-10-12-6-4-5-7-13(12)11-16(15)19/h4-11,19H,1-3H3. The predicted octanol–water partition coefficient (Wildman–Crippen LogP) is 5.10. The molecule has 0 spiro atoms. The molecule has 0 bridgehead atoms. The summed E-state index contributed by atoms with van der Waals surface area (Å²) in [5.74, 6) is 1.18. The molecule has 0 radical (unpaired) electrons. The molecule has 0 aliphatic carbocycles. The van der Waals surface area contributed by atoms with Crippen LogP contribution < -0.4 is 0 Å². The zero-order valence-corrected chi connectivity index (χ0v) is 12.0. The fourth-order valence-electron chi connectivity index (χ4n) is 2.55. The molecule has 1 heterocycles. The summed E-state index contributed by atoms with van der Waals surface area (Å²) in [6.45, 7) is 6.31. The van der Waals surface area contributed by atoms with Gasteiger partial charge in [-0.15, -0.1) is 0 Å². The molecule has 1 N–H and O–H groups in total. The fourth-order valence-corrected chi connectivity index (χ4v) is 2.55. The lowest BCUT2D eigenvalue weighted by Crippen LogP contribution is -2.10. The van der Waals surface area contributed by atoms with Gasteiger partial charge in [0.25, 0.3) is 0 Å². The van der Waals surface area contributed by atoms with E-state index in [1.165, 1.54) is 0 Å². The second kappa shape index (κ2) is 4.41. The van der Waals surface area contributed by atoms with Crippen LogP contribution in [0, 0.1) is 0 Å². The van der Waals surface area contributed by atoms with Crippen molar-refractivity contribution in [1.29, 1.82) is 0 Å². The Labute approximate surface area is 118 Å². The molecule has 0 saturated heterocycles. The molecule has 0 fully saturated rings. The molecule has 0 aliphatic heterocycles. The Hall–Kier alpha value is -2.22. The van der Waals surface area contributed by atoms with E-state index in [-0.39, 0.29) is 11.2 Å². The smallest absolute Gasteiger partial charge is 0.124 e. The number of phenolic OH excluding ortho intramolecular Hbond substituents is 1. The van der Waals surface area contributed by atoms with Crippen LogP contribution in [0.4, 0.5) is 0 Å².